The van der Waals surface area contributed by atoms with Crippen LogP contribution in [0.5, 0.6) is 23.1 Å². The predicted octanol–water partition coefficient (Wildman–Crippen LogP) is 4.32. The Kier molecular flexibility index (Phi) is 5.93. The molecule has 0 fully saturated rings. The van der Waals surface area contributed by atoms with Gasteiger partial charge in [0.05, 0.1) is 19.8 Å². The van der Waals surface area contributed by atoms with Crippen LogP contribution in [0, 0.1) is 0 Å². The number of fused-ring (bicyclic) bond motifs is 3. The number of carbonyl (C=O) groups excluding carboxylic acids is 2. The van der Waals surface area contributed by atoms with Crippen LogP contribution in [0.1, 0.15) is 15.9 Å². The minimum Gasteiger partial charge on any atom is -0.493 e. The molecule has 176 valence electrons. The van der Waals surface area contributed by atoms with Crippen molar-refractivity contribution in [3.8, 4) is 23.1 Å². The first-order valence-corrected chi connectivity index (χ1v) is 11.0. The first-order valence-electron chi connectivity index (χ1n) is 11.0. The predicted molar refractivity (Wildman–Crippen MR) is 131 cm³/mol. The van der Waals surface area contributed by atoms with Crippen LogP contribution in [0.25, 0.3) is 10.8 Å². The molecule has 0 saturated heterocycles. The summed E-state index contributed by atoms with van der Waals surface area (Å²) in [4.78, 5) is 32.2. The van der Waals surface area contributed by atoms with Crippen LogP contribution in [-0.2, 0) is 11.3 Å². The minimum absolute atomic E-state index is 0.194. The molecule has 2 amide bonds. The topological polar surface area (TPSA) is 90.0 Å². The zero-order chi connectivity index (χ0) is 24.4. The van der Waals surface area contributed by atoms with Gasteiger partial charge in [0.1, 0.15) is 18.0 Å². The maximum atomic E-state index is 13.6. The third kappa shape index (κ3) is 4.33. The average molecular weight is 469 g/mol. The van der Waals surface area contributed by atoms with Crippen molar-refractivity contribution in [3.63, 3.8) is 0 Å². The molecule has 0 unspecified atom stereocenters. The van der Waals surface area contributed by atoms with E-state index in [2.05, 4.69) is 10.3 Å². The van der Waals surface area contributed by atoms with Crippen LogP contribution < -0.4 is 24.4 Å². The quantitative estimate of drug-likeness (QED) is 0.452. The van der Waals surface area contributed by atoms with E-state index in [4.69, 9.17) is 14.2 Å². The Morgan fingerprint density at radius 1 is 0.971 bits per heavy atom. The number of pyridine rings is 1. The Bertz CT molecular complexity index is 1440. The lowest BCUT2D eigenvalue weighted by Gasteiger charge is -2.21. The first-order chi connectivity index (χ1) is 17.1. The maximum absolute atomic E-state index is 13.6. The van der Waals surface area contributed by atoms with E-state index in [1.165, 1.54) is 4.90 Å². The highest BCUT2D eigenvalue weighted by Gasteiger charge is 2.30. The van der Waals surface area contributed by atoms with Gasteiger partial charge in [-0.05, 0) is 52.7 Å². The van der Waals surface area contributed by atoms with E-state index < -0.39 is 0 Å². The van der Waals surface area contributed by atoms with Gasteiger partial charge in [-0.25, -0.2) is 4.98 Å². The van der Waals surface area contributed by atoms with Crippen molar-refractivity contribution in [3.05, 3.63) is 84.1 Å². The van der Waals surface area contributed by atoms with Gasteiger partial charge in [-0.1, -0.05) is 30.3 Å². The zero-order valence-electron chi connectivity index (χ0n) is 19.3. The molecule has 8 nitrogen and oxygen atoms in total. The maximum Gasteiger partial charge on any atom is 0.262 e. The minimum atomic E-state index is -0.334. The van der Waals surface area contributed by atoms with Crippen molar-refractivity contribution in [1.29, 1.82) is 0 Å². The molecule has 35 heavy (non-hydrogen) atoms. The number of nitrogens with zero attached hydrogens (tertiary/aromatic N) is 2. The summed E-state index contributed by atoms with van der Waals surface area (Å²) in [5.74, 6) is 1.19. The lowest BCUT2D eigenvalue weighted by atomic mass is 10.0. The molecular formula is C27H23N3O5. The molecule has 2 heterocycles. The van der Waals surface area contributed by atoms with Gasteiger partial charge in [-0.3, -0.25) is 14.5 Å². The second kappa shape index (κ2) is 9.34. The van der Waals surface area contributed by atoms with Crippen LogP contribution in [-0.4, -0.2) is 37.6 Å². The Morgan fingerprint density at radius 2 is 1.74 bits per heavy atom. The van der Waals surface area contributed by atoms with Crippen LogP contribution in [0.2, 0.25) is 0 Å². The highest BCUT2D eigenvalue weighted by molar-refractivity contribution is 6.13. The molecule has 0 saturated carbocycles. The molecular weight excluding hydrogens is 446 g/mol. The van der Waals surface area contributed by atoms with E-state index in [0.29, 0.717) is 28.5 Å². The Morgan fingerprint density at radius 3 is 2.51 bits per heavy atom. The summed E-state index contributed by atoms with van der Waals surface area (Å²) < 4.78 is 16.6. The molecule has 0 radical (unpaired) electrons. The summed E-state index contributed by atoms with van der Waals surface area (Å²) in [6.45, 7) is 0.0687. The summed E-state index contributed by atoms with van der Waals surface area (Å²) in [7, 11) is 3.12. The fourth-order valence-corrected chi connectivity index (χ4v) is 4.04. The van der Waals surface area contributed by atoms with E-state index in [1.807, 2.05) is 36.4 Å². The molecule has 8 heteroatoms. The highest BCUT2D eigenvalue weighted by atomic mass is 16.5. The number of hydrogen-bond acceptors (Lipinski definition) is 6. The number of anilines is 1. The molecule has 0 spiro atoms. The van der Waals surface area contributed by atoms with Crippen LogP contribution >= 0.6 is 0 Å². The van der Waals surface area contributed by atoms with Gasteiger partial charge in [0.15, 0.2) is 11.5 Å². The number of amides is 2. The first kappa shape index (κ1) is 22.2. The number of nitrogens with one attached hydrogen (secondary N) is 1. The third-order valence-electron chi connectivity index (χ3n) is 5.81. The lowest BCUT2D eigenvalue weighted by Crippen LogP contribution is -2.40. The molecule has 1 aliphatic rings. The molecule has 1 aliphatic heterocycles. The van der Waals surface area contributed by atoms with Crippen molar-refractivity contribution >= 4 is 28.3 Å². The zero-order valence-corrected chi connectivity index (χ0v) is 19.3. The summed E-state index contributed by atoms with van der Waals surface area (Å²) in [5.41, 5.74) is 1.63. The van der Waals surface area contributed by atoms with E-state index >= 15 is 0 Å². The van der Waals surface area contributed by atoms with Crippen LogP contribution in [0.4, 0.5) is 5.69 Å². The number of ether oxygens (including phenoxy) is 3. The molecule has 0 aliphatic carbocycles. The molecule has 1 aromatic heterocycles. The van der Waals surface area contributed by atoms with E-state index in [-0.39, 0.29) is 30.8 Å². The van der Waals surface area contributed by atoms with Gasteiger partial charge in [-0.15, -0.1) is 0 Å². The van der Waals surface area contributed by atoms with Gasteiger partial charge in [0.25, 0.3) is 5.91 Å². The normalized spacial score (nSPS) is 12.3. The summed E-state index contributed by atoms with van der Waals surface area (Å²) in [5, 5.41) is 4.72. The summed E-state index contributed by atoms with van der Waals surface area (Å²) in [6, 6.07) is 20.2. The van der Waals surface area contributed by atoms with E-state index in [0.717, 1.165) is 16.3 Å². The van der Waals surface area contributed by atoms with Gasteiger partial charge in [0, 0.05) is 12.7 Å². The van der Waals surface area contributed by atoms with Crippen molar-refractivity contribution in [2.75, 3.05) is 25.7 Å². The molecule has 5 rings (SSSR count). The number of aromatic nitrogens is 1. The van der Waals surface area contributed by atoms with Gasteiger partial charge >= 0.3 is 0 Å². The van der Waals surface area contributed by atoms with Crippen LogP contribution in [0.15, 0.2) is 72.9 Å². The van der Waals surface area contributed by atoms with Crippen molar-refractivity contribution in [2.24, 2.45) is 0 Å². The van der Waals surface area contributed by atoms with Gasteiger partial charge < -0.3 is 19.5 Å². The fraction of sp³-hybridized carbons (Fsp3) is 0.148. The third-order valence-corrected chi connectivity index (χ3v) is 5.81. The number of hydrogen-bond donors (Lipinski definition) is 1. The lowest BCUT2D eigenvalue weighted by molar-refractivity contribution is -0.119. The monoisotopic (exact) mass is 469 g/mol. The van der Waals surface area contributed by atoms with Gasteiger partial charge in [0.2, 0.25) is 11.8 Å². The molecule has 4 aromatic rings. The van der Waals surface area contributed by atoms with E-state index in [9.17, 15) is 9.59 Å². The number of methoxy groups -OCH3 is 2. The van der Waals surface area contributed by atoms with Crippen molar-refractivity contribution in [2.45, 2.75) is 6.54 Å². The summed E-state index contributed by atoms with van der Waals surface area (Å²) in [6.07, 6.45) is 1.59. The van der Waals surface area contributed by atoms with E-state index in [1.54, 1.807) is 50.7 Å². The van der Waals surface area contributed by atoms with Crippen LogP contribution in [0.3, 0.4) is 0 Å². The summed E-state index contributed by atoms with van der Waals surface area (Å²) >= 11 is 0. The SMILES string of the molecule is COc1ccc(CNC(=O)CN2C(=O)c3cc4ccccc4cc3Oc3ncccc32)cc1OC. The Balaban J connectivity index is 1.41. The smallest absolute Gasteiger partial charge is 0.262 e. The average Bonchev–Trinajstić information content (AvgIpc) is 3.00. The highest BCUT2D eigenvalue weighted by Crippen LogP contribution is 2.39. The molecule has 0 atom stereocenters. The fourth-order valence-electron chi connectivity index (χ4n) is 4.04. The Labute approximate surface area is 202 Å². The molecule has 0 bridgehead atoms. The molecule has 1 N–H and O–H groups in total. The van der Waals surface area contributed by atoms with Crippen molar-refractivity contribution in [1.82, 2.24) is 10.3 Å². The standard InChI is InChI=1S/C27H23N3O5/c1-33-22-10-9-17(12-24(22)34-2)15-29-25(31)16-30-21-8-5-11-28-26(21)35-23-14-19-7-4-3-6-18(19)13-20(23)27(30)32/h3-14H,15-16H2,1-2H3,(H,29,31). The number of rotatable bonds is 6. The second-order valence-electron chi connectivity index (χ2n) is 7.98. The van der Waals surface area contributed by atoms with Gasteiger partial charge in [-0.2, -0.15) is 0 Å². The molecule has 3 aromatic carbocycles. The largest absolute Gasteiger partial charge is 0.493 e. The van der Waals surface area contributed by atoms with Crippen molar-refractivity contribution < 1.29 is 23.8 Å². The number of benzene rings is 3. The number of carbonyl (C=O) groups is 2. The Hall–Kier alpha value is -4.59. The second-order valence-corrected chi connectivity index (χ2v) is 7.98.